The number of para-hydroxylation sites is 1. The van der Waals surface area contributed by atoms with Gasteiger partial charge in [0.05, 0.1) is 11.3 Å². The lowest BCUT2D eigenvalue weighted by Crippen LogP contribution is -2.09. The van der Waals surface area contributed by atoms with Crippen molar-refractivity contribution in [2.45, 2.75) is 46.0 Å². The van der Waals surface area contributed by atoms with E-state index in [1.165, 1.54) is 19.3 Å². The third-order valence-corrected chi connectivity index (χ3v) is 3.68. The number of carboxylic acids is 1. The highest BCUT2D eigenvalue weighted by Gasteiger charge is 2.15. The summed E-state index contributed by atoms with van der Waals surface area (Å²) in [6, 6.07) is 5.53. The van der Waals surface area contributed by atoms with E-state index in [0.29, 0.717) is 11.5 Å². The van der Waals surface area contributed by atoms with Crippen LogP contribution in [0.25, 0.3) is 0 Å². The molecule has 1 aromatic rings. The van der Waals surface area contributed by atoms with Crippen LogP contribution in [-0.2, 0) is 6.42 Å². The first-order chi connectivity index (χ1) is 9.13. The molecule has 0 bridgehead atoms. The molecule has 0 aliphatic rings. The summed E-state index contributed by atoms with van der Waals surface area (Å²) in [4.78, 5) is 11.2. The molecule has 3 heteroatoms. The van der Waals surface area contributed by atoms with Crippen LogP contribution in [0.5, 0.6) is 0 Å². The summed E-state index contributed by atoms with van der Waals surface area (Å²) >= 11 is 0. The standard InChI is InChI=1S/C16H25NO2/c1-4-6-8-12(5-2)11-13-9-7-10-14(16(18)19)15(13)17-3/h7,9-10,12,17H,4-6,8,11H2,1-3H3,(H,18,19). The normalized spacial score (nSPS) is 12.2. The van der Waals surface area contributed by atoms with Gasteiger partial charge in [-0.3, -0.25) is 0 Å². The lowest BCUT2D eigenvalue weighted by Gasteiger charge is -2.18. The van der Waals surface area contributed by atoms with Crippen LogP contribution in [0.3, 0.4) is 0 Å². The fourth-order valence-corrected chi connectivity index (χ4v) is 2.50. The maximum absolute atomic E-state index is 11.2. The molecule has 0 saturated heterocycles. The molecule has 19 heavy (non-hydrogen) atoms. The van der Waals surface area contributed by atoms with E-state index in [-0.39, 0.29) is 0 Å². The third-order valence-electron chi connectivity index (χ3n) is 3.68. The maximum Gasteiger partial charge on any atom is 0.337 e. The van der Waals surface area contributed by atoms with Crippen molar-refractivity contribution < 1.29 is 9.90 Å². The van der Waals surface area contributed by atoms with E-state index in [2.05, 4.69) is 19.2 Å². The number of benzene rings is 1. The largest absolute Gasteiger partial charge is 0.478 e. The second-order valence-electron chi connectivity index (χ2n) is 5.02. The quantitative estimate of drug-likeness (QED) is 0.739. The molecule has 0 heterocycles. The van der Waals surface area contributed by atoms with Crippen molar-refractivity contribution in [3.8, 4) is 0 Å². The van der Waals surface area contributed by atoms with Gasteiger partial charge < -0.3 is 10.4 Å². The van der Waals surface area contributed by atoms with Gasteiger partial charge in [-0.1, -0.05) is 51.7 Å². The molecular formula is C16H25NO2. The van der Waals surface area contributed by atoms with Crippen molar-refractivity contribution in [3.05, 3.63) is 29.3 Å². The highest BCUT2D eigenvalue weighted by molar-refractivity contribution is 5.95. The zero-order valence-electron chi connectivity index (χ0n) is 12.2. The lowest BCUT2D eigenvalue weighted by molar-refractivity contribution is 0.0698. The van der Waals surface area contributed by atoms with E-state index in [1.54, 1.807) is 13.1 Å². The number of aromatic carboxylic acids is 1. The smallest absolute Gasteiger partial charge is 0.337 e. The minimum Gasteiger partial charge on any atom is -0.478 e. The van der Waals surface area contributed by atoms with Crippen molar-refractivity contribution in [1.82, 2.24) is 0 Å². The molecule has 106 valence electrons. The Kier molecular flexibility index (Phi) is 6.40. The molecule has 0 aliphatic carbocycles. The fourth-order valence-electron chi connectivity index (χ4n) is 2.50. The topological polar surface area (TPSA) is 49.3 Å². The minimum atomic E-state index is -0.868. The van der Waals surface area contributed by atoms with Gasteiger partial charge in [-0.2, -0.15) is 0 Å². The van der Waals surface area contributed by atoms with E-state index in [9.17, 15) is 9.90 Å². The molecule has 1 unspecified atom stereocenters. The summed E-state index contributed by atoms with van der Waals surface area (Å²) in [5.41, 5.74) is 2.25. The van der Waals surface area contributed by atoms with E-state index in [0.717, 1.165) is 24.1 Å². The Morgan fingerprint density at radius 2 is 2.11 bits per heavy atom. The molecule has 1 atom stereocenters. The van der Waals surface area contributed by atoms with Gasteiger partial charge >= 0.3 is 5.97 Å². The molecule has 0 aliphatic heterocycles. The molecule has 0 amide bonds. The van der Waals surface area contributed by atoms with Gasteiger partial charge in [0, 0.05) is 7.05 Å². The zero-order chi connectivity index (χ0) is 14.3. The molecular weight excluding hydrogens is 238 g/mol. The van der Waals surface area contributed by atoms with Crippen LogP contribution in [0.4, 0.5) is 5.69 Å². The SMILES string of the molecule is CCCCC(CC)Cc1cccc(C(=O)O)c1NC. The maximum atomic E-state index is 11.2. The molecule has 0 saturated carbocycles. The predicted octanol–water partition coefficient (Wildman–Crippen LogP) is 4.19. The number of nitrogens with one attached hydrogen (secondary N) is 1. The molecule has 3 nitrogen and oxygen atoms in total. The molecule has 0 spiro atoms. The Morgan fingerprint density at radius 3 is 2.63 bits per heavy atom. The van der Waals surface area contributed by atoms with Crippen LogP contribution in [0, 0.1) is 5.92 Å². The van der Waals surface area contributed by atoms with E-state index in [4.69, 9.17) is 0 Å². The average Bonchev–Trinajstić information content (AvgIpc) is 2.42. The van der Waals surface area contributed by atoms with Gasteiger partial charge in [0.15, 0.2) is 0 Å². The molecule has 1 rings (SSSR count). The Balaban J connectivity index is 2.93. The van der Waals surface area contributed by atoms with E-state index in [1.807, 2.05) is 12.1 Å². The average molecular weight is 263 g/mol. The highest BCUT2D eigenvalue weighted by Crippen LogP contribution is 2.26. The number of carbonyl (C=O) groups is 1. The first-order valence-corrected chi connectivity index (χ1v) is 7.16. The summed E-state index contributed by atoms with van der Waals surface area (Å²) in [5, 5.41) is 12.3. The van der Waals surface area contributed by atoms with Crippen molar-refractivity contribution in [3.63, 3.8) is 0 Å². The molecule has 0 aromatic heterocycles. The summed E-state index contributed by atoms with van der Waals surface area (Å²) in [6.45, 7) is 4.41. The lowest BCUT2D eigenvalue weighted by atomic mass is 9.90. The summed E-state index contributed by atoms with van der Waals surface area (Å²) in [7, 11) is 1.79. The Bertz CT molecular complexity index is 415. The van der Waals surface area contributed by atoms with Gasteiger partial charge in [0.2, 0.25) is 0 Å². The van der Waals surface area contributed by atoms with E-state index < -0.39 is 5.97 Å². The Hall–Kier alpha value is -1.51. The van der Waals surface area contributed by atoms with Gasteiger partial charge in [0.1, 0.15) is 0 Å². The molecule has 0 radical (unpaired) electrons. The second-order valence-corrected chi connectivity index (χ2v) is 5.02. The van der Waals surface area contributed by atoms with Gasteiger partial charge in [-0.25, -0.2) is 4.79 Å². The number of carboxylic acid groups (broad SMARTS) is 1. The van der Waals surface area contributed by atoms with Gasteiger partial charge in [-0.05, 0) is 24.0 Å². The number of hydrogen-bond acceptors (Lipinski definition) is 2. The van der Waals surface area contributed by atoms with Gasteiger partial charge in [0.25, 0.3) is 0 Å². The Labute approximate surface area is 116 Å². The van der Waals surface area contributed by atoms with Crippen molar-refractivity contribution in [2.75, 3.05) is 12.4 Å². The zero-order valence-corrected chi connectivity index (χ0v) is 12.2. The second kappa shape index (κ2) is 7.82. The minimum absolute atomic E-state index is 0.366. The summed E-state index contributed by atoms with van der Waals surface area (Å²) < 4.78 is 0. The number of anilines is 1. The van der Waals surface area contributed by atoms with Crippen LogP contribution in [0.1, 0.15) is 55.5 Å². The fraction of sp³-hybridized carbons (Fsp3) is 0.562. The highest BCUT2D eigenvalue weighted by atomic mass is 16.4. The van der Waals surface area contributed by atoms with Crippen molar-refractivity contribution in [2.24, 2.45) is 5.92 Å². The predicted molar refractivity (Wildman–Crippen MR) is 80.0 cm³/mol. The first-order valence-electron chi connectivity index (χ1n) is 7.16. The molecule has 1 aromatic carbocycles. The number of rotatable bonds is 8. The van der Waals surface area contributed by atoms with Crippen molar-refractivity contribution in [1.29, 1.82) is 0 Å². The first kappa shape index (κ1) is 15.5. The number of unbranched alkanes of at least 4 members (excludes halogenated alkanes) is 1. The van der Waals surface area contributed by atoms with Crippen LogP contribution >= 0.6 is 0 Å². The van der Waals surface area contributed by atoms with Crippen LogP contribution in [-0.4, -0.2) is 18.1 Å². The molecule has 0 fully saturated rings. The monoisotopic (exact) mass is 263 g/mol. The van der Waals surface area contributed by atoms with Crippen molar-refractivity contribution >= 4 is 11.7 Å². The van der Waals surface area contributed by atoms with Crippen LogP contribution in [0.2, 0.25) is 0 Å². The number of hydrogen-bond donors (Lipinski definition) is 2. The van der Waals surface area contributed by atoms with E-state index >= 15 is 0 Å². The third kappa shape index (κ3) is 4.27. The van der Waals surface area contributed by atoms with Crippen LogP contribution in [0.15, 0.2) is 18.2 Å². The molecule has 2 N–H and O–H groups in total. The van der Waals surface area contributed by atoms with Crippen LogP contribution < -0.4 is 5.32 Å². The summed E-state index contributed by atoms with van der Waals surface area (Å²) in [6.07, 6.45) is 5.76. The van der Waals surface area contributed by atoms with Gasteiger partial charge in [-0.15, -0.1) is 0 Å². The Morgan fingerprint density at radius 1 is 1.37 bits per heavy atom. The summed E-state index contributed by atoms with van der Waals surface area (Å²) in [5.74, 6) is -0.232.